The molecule has 0 saturated heterocycles. The summed E-state index contributed by atoms with van der Waals surface area (Å²) in [5, 5.41) is 26.4. The average Bonchev–Trinajstić information content (AvgIpc) is 2.17. The number of aliphatic hydroxyl groups excluding tert-OH is 3. The smallest absolute Gasteiger partial charge is 0.164 e. The van der Waals surface area contributed by atoms with Crippen molar-refractivity contribution in [3.63, 3.8) is 0 Å². The molecule has 3 atom stereocenters. The molecule has 1 saturated carbocycles. The molecule has 1 unspecified atom stereocenters. The van der Waals surface area contributed by atoms with Crippen LogP contribution in [0.3, 0.4) is 0 Å². The standard InChI is InChI=1S/C6H10O4/c7-2-3-1-4(8)6(10)5(3)9/h3,5-7,9-10H,1-2H2/t3-,5-,6?/m1/s1. The third-order valence-electron chi connectivity index (χ3n) is 1.83. The van der Waals surface area contributed by atoms with Gasteiger partial charge >= 0.3 is 0 Å². The highest BCUT2D eigenvalue weighted by Gasteiger charge is 2.39. The van der Waals surface area contributed by atoms with Crippen LogP contribution in [0, 0.1) is 5.92 Å². The summed E-state index contributed by atoms with van der Waals surface area (Å²) in [5.74, 6) is -0.853. The Bertz CT molecular complexity index is 145. The minimum atomic E-state index is -1.28. The Hall–Kier alpha value is -0.450. The zero-order valence-electron chi connectivity index (χ0n) is 5.40. The normalized spacial score (nSPS) is 40.7. The van der Waals surface area contributed by atoms with Gasteiger partial charge in [-0.3, -0.25) is 4.79 Å². The molecule has 0 radical (unpaired) electrons. The molecule has 3 N–H and O–H groups in total. The molecule has 0 amide bonds. The lowest BCUT2D eigenvalue weighted by molar-refractivity contribution is -0.126. The molecule has 10 heavy (non-hydrogen) atoms. The van der Waals surface area contributed by atoms with Crippen molar-refractivity contribution in [2.24, 2.45) is 5.92 Å². The van der Waals surface area contributed by atoms with Gasteiger partial charge in [0.25, 0.3) is 0 Å². The average molecular weight is 146 g/mol. The summed E-state index contributed by atoms with van der Waals surface area (Å²) in [6.45, 7) is -0.246. The van der Waals surface area contributed by atoms with E-state index in [0.29, 0.717) is 0 Å². The number of hydrogen-bond acceptors (Lipinski definition) is 4. The lowest BCUT2D eigenvalue weighted by Crippen LogP contribution is -2.29. The Labute approximate surface area is 58.1 Å². The van der Waals surface area contributed by atoms with E-state index in [4.69, 9.17) is 15.3 Å². The van der Waals surface area contributed by atoms with Crippen LogP contribution in [0.15, 0.2) is 0 Å². The molecule has 1 aliphatic carbocycles. The molecule has 1 aliphatic rings. The van der Waals surface area contributed by atoms with E-state index in [0.717, 1.165) is 0 Å². The number of aliphatic hydroxyl groups is 3. The van der Waals surface area contributed by atoms with Crippen molar-refractivity contribution in [3.8, 4) is 0 Å². The van der Waals surface area contributed by atoms with E-state index in [1.54, 1.807) is 0 Å². The van der Waals surface area contributed by atoms with Crippen LogP contribution in [0.1, 0.15) is 6.42 Å². The summed E-state index contributed by atoms with van der Waals surface area (Å²) in [5.41, 5.74) is 0. The van der Waals surface area contributed by atoms with Crippen molar-refractivity contribution in [2.45, 2.75) is 18.6 Å². The largest absolute Gasteiger partial charge is 0.396 e. The highest BCUT2D eigenvalue weighted by molar-refractivity contribution is 5.86. The second-order valence-electron chi connectivity index (χ2n) is 2.55. The van der Waals surface area contributed by atoms with Gasteiger partial charge in [-0.05, 0) is 0 Å². The first kappa shape index (κ1) is 7.65. The maximum absolute atomic E-state index is 10.6. The van der Waals surface area contributed by atoms with E-state index >= 15 is 0 Å². The van der Waals surface area contributed by atoms with Gasteiger partial charge < -0.3 is 15.3 Å². The molecule has 1 fully saturated rings. The van der Waals surface area contributed by atoms with Crippen LogP contribution in [0.5, 0.6) is 0 Å². The summed E-state index contributed by atoms with van der Waals surface area (Å²) < 4.78 is 0. The molecular weight excluding hydrogens is 136 g/mol. The molecule has 0 aromatic carbocycles. The second kappa shape index (κ2) is 2.65. The van der Waals surface area contributed by atoms with Crippen molar-refractivity contribution < 1.29 is 20.1 Å². The van der Waals surface area contributed by atoms with Gasteiger partial charge in [0.2, 0.25) is 0 Å². The number of carbonyl (C=O) groups is 1. The van der Waals surface area contributed by atoms with E-state index < -0.39 is 18.1 Å². The monoisotopic (exact) mass is 146 g/mol. The van der Waals surface area contributed by atoms with Crippen molar-refractivity contribution in [2.75, 3.05) is 6.61 Å². The van der Waals surface area contributed by atoms with Crippen LogP contribution in [0.25, 0.3) is 0 Å². The summed E-state index contributed by atoms with van der Waals surface area (Å²) in [7, 11) is 0. The first-order valence-corrected chi connectivity index (χ1v) is 3.16. The van der Waals surface area contributed by atoms with Crippen molar-refractivity contribution in [3.05, 3.63) is 0 Å². The van der Waals surface area contributed by atoms with Gasteiger partial charge in [-0.1, -0.05) is 0 Å². The Kier molecular flexibility index (Phi) is 2.03. The van der Waals surface area contributed by atoms with Crippen molar-refractivity contribution in [1.82, 2.24) is 0 Å². The first-order chi connectivity index (χ1) is 4.66. The first-order valence-electron chi connectivity index (χ1n) is 3.16. The molecular formula is C6H10O4. The van der Waals surface area contributed by atoms with Crippen LogP contribution in [0.2, 0.25) is 0 Å². The predicted molar refractivity (Wildman–Crippen MR) is 32.2 cm³/mol. The molecule has 0 aromatic heterocycles. The Morgan fingerprint density at radius 1 is 1.50 bits per heavy atom. The lowest BCUT2D eigenvalue weighted by Gasteiger charge is -2.10. The topological polar surface area (TPSA) is 77.8 Å². The number of rotatable bonds is 1. The SMILES string of the molecule is O=C1C[C@H](CO)[C@@H](O)C1O. The second-order valence-corrected chi connectivity index (χ2v) is 2.55. The lowest BCUT2D eigenvalue weighted by atomic mass is 10.1. The van der Waals surface area contributed by atoms with Gasteiger partial charge in [-0.15, -0.1) is 0 Å². The summed E-state index contributed by atoms with van der Waals surface area (Å²) in [4.78, 5) is 10.6. The Morgan fingerprint density at radius 3 is 2.30 bits per heavy atom. The molecule has 4 nitrogen and oxygen atoms in total. The Balaban J connectivity index is 2.61. The van der Waals surface area contributed by atoms with Crippen LogP contribution >= 0.6 is 0 Å². The van der Waals surface area contributed by atoms with Crippen LogP contribution in [-0.4, -0.2) is 39.9 Å². The van der Waals surface area contributed by atoms with Crippen LogP contribution in [-0.2, 0) is 4.79 Å². The molecule has 58 valence electrons. The number of ketones is 1. The van der Waals surface area contributed by atoms with E-state index in [2.05, 4.69) is 0 Å². The summed E-state index contributed by atoms with van der Waals surface area (Å²) in [6.07, 6.45) is -2.27. The van der Waals surface area contributed by atoms with E-state index in [1.165, 1.54) is 0 Å². The fraction of sp³-hybridized carbons (Fsp3) is 0.833. The minimum absolute atomic E-state index is 0.0822. The maximum Gasteiger partial charge on any atom is 0.164 e. The fourth-order valence-electron chi connectivity index (χ4n) is 1.12. The van der Waals surface area contributed by atoms with E-state index in [1.807, 2.05) is 0 Å². The van der Waals surface area contributed by atoms with E-state index in [-0.39, 0.29) is 18.8 Å². The highest BCUT2D eigenvalue weighted by atomic mass is 16.3. The van der Waals surface area contributed by atoms with Crippen LogP contribution in [0.4, 0.5) is 0 Å². The van der Waals surface area contributed by atoms with Gasteiger partial charge in [-0.25, -0.2) is 0 Å². The molecule has 0 aliphatic heterocycles. The summed E-state index contributed by atoms with van der Waals surface area (Å²) in [6, 6.07) is 0. The molecule has 1 rings (SSSR count). The minimum Gasteiger partial charge on any atom is -0.396 e. The molecule has 0 bridgehead atoms. The van der Waals surface area contributed by atoms with Gasteiger partial charge in [0.15, 0.2) is 5.78 Å². The third kappa shape index (κ3) is 1.05. The fourth-order valence-corrected chi connectivity index (χ4v) is 1.12. The highest BCUT2D eigenvalue weighted by Crippen LogP contribution is 2.22. The molecule has 0 aromatic rings. The molecule has 0 spiro atoms. The van der Waals surface area contributed by atoms with Crippen LogP contribution < -0.4 is 0 Å². The van der Waals surface area contributed by atoms with Crippen molar-refractivity contribution >= 4 is 5.78 Å². The zero-order chi connectivity index (χ0) is 7.72. The quantitative estimate of drug-likeness (QED) is 0.411. The number of Topliss-reactive ketones (excluding diaryl/α,β-unsaturated/α-hetero) is 1. The van der Waals surface area contributed by atoms with Gasteiger partial charge in [0.1, 0.15) is 6.10 Å². The third-order valence-corrected chi connectivity index (χ3v) is 1.83. The van der Waals surface area contributed by atoms with E-state index in [9.17, 15) is 4.79 Å². The molecule has 4 heteroatoms. The van der Waals surface area contributed by atoms with Crippen molar-refractivity contribution in [1.29, 1.82) is 0 Å². The molecule has 0 heterocycles. The van der Waals surface area contributed by atoms with Gasteiger partial charge in [-0.2, -0.15) is 0 Å². The zero-order valence-corrected chi connectivity index (χ0v) is 5.40. The number of hydrogen-bond donors (Lipinski definition) is 3. The van der Waals surface area contributed by atoms with Gasteiger partial charge in [0.05, 0.1) is 6.10 Å². The summed E-state index contributed by atoms with van der Waals surface area (Å²) >= 11 is 0. The maximum atomic E-state index is 10.6. The number of carbonyl (C=O) groups excluding carboxylic acids is 1. The van der Waals surface area contributed by atoms with Gasteiger partial charge in [0, 0.05) is 18.9 Å². The predicted octanol–water partition coefficient (Wildman–Crippen LogP) is -1.71. The Morgan fingerprint density at radius 2 is 2.10 bits per heavy atom.